The molecule has 1 aliphatic rings. The first-order valence-corrected chi connectivity index (χ1v) is 7.67. The topological polar surface area (TPSA) is 12.0 Å². The first-order chi connectivity index (χ1) is 7.92. The van der Waals surface area contributed by atoms with Gasteiger partial charge in [0.25, 0.3) is 0 Å². The van der Waals surface area contributed by atoms with Crippen molar-refractivity contribution in [1.29, 1.82) is 0 Å². The Labute approximate surface area is 109 Å². The van der Waals surface area contributed by atoms with Crippen molar-refractivity contribution in [1.82, 2.24) is 5.32 Å². The molecule has 0 saturated heterocycles. The van der Waals surface area contributed by atoms with Crippen LogP contribution >= 0.6 is 0 Å². The summed E-state index contributed by atoms with van der Waals surface area (Å²) in [6, 6.07) is 0. The molecule has 0 aromatic heterocycles. The van der Waals surface area contributed by atoms with Crippen LogP contribution in [0.1, 0.15) is 73.1 Å². The zero-order chi connectivity index (χ0) is 12.9. The van der Waals surface area contributed by atoms with Crippen LogP contribution in [0.2, 0.25) is 0 Å². The molecular weight excluding hydrogens is 206 g/mol. The maximum atomic E-state index is 3.71. The molecule has 0 amide bonds. The van der Waals surface area contributed by atoms with E-state index in [9.17, 15) is 0 Å². The fourth-order valence-corrected chi connectivity index (χ4v) is 3.09. The molecule has 3 atom stereocenters. The van der Waals surface area contributed by atoms with Crippen molar-refractivity contribution in [3.8, 4) is 0 Å². The molecule has 1 aliphatic carbocycles. The lowest BCUT2D eigenvalue weighted by atomic mass is 9.72. The fourth-order valence-electron chi connectivity index (χ4n) is 3.09. The van der Waals surface area contributed by atoms with E-state index in [-0.39, 0.29) is 5.54 Å². The second-order valence-electron chi connectivity index (χ2n) is 7.21. The number of hydrogen-bond donors (Lipinski definition) is 1. The maximum Gasteiger partial charge on any atom is 0.00966 e. The minimum Gasteiger partial charge on any atom is -0.312 e. The second-order valence-corrected chi connectivity index (χ2v) is 7.21. The van der Waals surface area contributed by atoms with Gasteiger partial charge >= 0.3 is 0 Å². The van der Waals surface area contributed by atoms with E-state index in [1.54, 1.807) is 0 Å². The van der Waals surface area contributed by atoms with E-state index < -0.39 is 0 Å². The van der Waals surface area contributed by atoms with Gasteiger partial charge in [0.05, 0.1) is 0 Å². The highest BCUT2D eigenvalue weighted by molar-refractivity contribution is 4.82. The van der Waals surface area contributed by atoms with Crippen LogP contribution in [0.4, 0.5) is 0 Å². The lowest BCUT2D eigenvalue weighted by Gasteiger charge is -2.37. The van der Waals surface area contributed by atoms with Crippen molar-refractivity contribution in [3.05, 3.63) is 0 Å². The molecule has 0 aliphatic heterocycles. The third kappa shape index (κ3) is 5.90. The van der Waals surface area contributed by atoms with Crippen LogP contribution < -0.4 is 5.32 Å². The summed E-state index contributed by atoms with van der Waals surface area (Å²) < 4.78 is 0. The minimum atomic E-state index is 0.276. The Morgan fingerprint density at radius 1 is 1.12 bits per heavy atom. The maximum absolute atomic E-state index is 3.71. The van der Waals surface area contributed by atoms with Crippen LogP contribution in [-0.2, 0) is 0 Å². The van der Waals surface area contributed by atoms with E-state index in [1.807, 2.05) is 0 Å². The summed E-state index contributed by atoms with van der Waals surface area (Å²) in [5.74, 6) is 2.87. The van der Waals surface area contributed by atoms with Gasteiger partial charge in [-0.3, -0.25) is 0 Å². The smallest absolute Gasteiger partial charge is 0.00966 e. The third-order valence-electron chi connectivity index (χ3n) is 4.23. The SMILES string of the molecule is CCCCC1CC(C)CCC1CNC(C)(C)C. The monoisotopic (exact) mass is 239 g/mol. The quantitative estimate of drug-likeness (QED) is 0.738. The van der Waals surface area contributed by atoms with Crippen molar-refractivity contribution in [2.75, 3.05) is 6.54 Å². The van der Waals surface area contributed by atoms with Crippen LogP contribution in [0.5, 0.6) is 0 Å². The van der Waals surface area contributed by atoms with Crippen molar-refractivity contribution in [2.24, 2.45) is 17.8 Å². The van der Waals surface area contributed by atoms with Crippen LogP contribution in [0, 0.1) is 17.8 Å². The minimum absolute atomic E-state index is 0.276. The van der Waals surface area contributed by atoms with Gasteiger partial charge in [0.15, 0.2) is 0 Å². The van der Waals surface area contributed by atoms with Crippen LogP contribution in [0.3, 0.4) is 0 Å². The standard InChI is InChI=1S/C16H33N/c1-6-7-8-14-11-13(2)9-10-15(14)12-17-16(3,4)5/h13-15,17H,6-12H2,1-5H3. The average molecular weight is 239 g/mol. The Balaban J connectivity index is 2.42. The highest BCUT2D eigenvalue weighted by Gasteiger charge is 2.28. The van der Waals surface area contributed by atoms with E-state index >= 15 is 0 Å². The van der Waals surface area contributed by atoms with Crippen LogP contribution in [0.25, 0.3) is 0 Å². The molecule has 1 nitrogen and oxygen atoms in total. The average Bonchev–Trinajstić information content (AvgIpc) is 2.23. The van der Waals surface area contributed by atoms with Crippen molar-refractivity contribution >= 4 is 0 Å². The summed E-state index contributed by atoms with van der Waals surface area (Å²) in [7, 11) is 0. The Hall–Kier alpha value is -0.0400. The molecule has 0 radical (unpaired) electrons. The normalized spacial score (nSPS) is 30.5. The summed E-state index contributed by atoms with van der Waals surface area (Å²) in [5.41, 5.74) is 0.276. The first kappa shape index (κ1) is 15.0. The summed E-state index contributed by atoms with van der Waals surface area (Å²) in [6.07, 6.45) is 8.58. The summed E-state index contributed by atoms with van der Waals surface area (Å²) in [6.45, 7) is 12.8. The first-order valence-electron chi connectivity index (χ1n) is 7.67. The molecule has 0 spiro atoms. The molecule has 0 aromatic carbocycles. The van der Waals surface area contributed by atoms with E-state index in [0.29, 0.717) is 0 Å². The summed E-state index contributed by atoms with van der Waals surface area (Å²) in [5, 5.41) is 3.71. The molecule has 3 unspecified atom stereocenters. The molecule has 1 N–H and O–H groups in total. The zero-order valence-electron chi connectivity index (χ0n) is 12.7. The largest absolute Gasteiger partial charge is 0.312 e. The predicted molar refractivity (Wildman–Crippen MR) is 77.3 cm³/mol. The second kappa shape index (κ2) is 6.78. The Morgan fingerprint density at radius 3 is 2.41 bits per heavy atom. The number of nitrogens with one attached hydrogen (secondary N) is 1. The van der Waals surface area contributed by atoms with E-state index in [0.717, 1.165) is 17.8 Å². The Kier molecular flexibility index (Phi) is 5.99. The fraction of sp³-hybridized carbons (Fsp3) is 1.00. The molecule has 1 heteroatoms. The van der Waals surface area contributed by atoms with Gasteiger partial charge in [0.1, 0.15) is 0 Å². The molecule has 0 aromatic rings. The van der Waals surface area contributed by atoms with Gasteiger partial charge in [-0.05, 0) is 57.9 Å². The van der Waals surface area contributed by atoms with Gasteiger partial charge in [-0.2, -0.15) is 0 Å². The van der Waals surface area contributed by atoms with Crippen LogP contribution in [0.15, 0.2) is 0 Å². The van der Waals surface area contributed by atoms with Crippen LogP contribution in [-0.4, -0.2) is 12.1 Å². The van der Waals surface area contributed by atoms with E-state index in [2.05, 4.69) is 39.9 Å². The highest BCUT2D eigenvalue weighted by Crippen LogP contribution is 2.36. The molecule has 0 bridgehead atoms. The van der Waals surface area contributed by atoms with Gasteiger partial charge < -0.3 is 5.32 Å². The molecule has 102 valence electrons. The summed E-state index contributed by atoms with van der Waals surface area (Å²) in [4.78, 5) is 0. The Bertz CT molecular complexity index is 204. The molecular formula is C16H33N. The number of unbranched alkanes of at least 4 members (excludes halogenated alkanes) is 1. The predicted octanol–water partition coefficient (Wildman–Crippen LogP) is 4.62. The van der Waals surface area contributed by atoms with Crippen molar-refractivity contribution in [3.63, 3.8) is 0 Å². The lowest BCUT2D eigenvalue weighted by molar-refractivity contribution is 0.163. The van der Waals surface area contributed by atoms with Gasteiger partial charge in [0.2, 0.25) is 0 Å². The van der Waals surface area contributed by atoms with Gasteiger partial charge in [-0.15, -0.1) is 0 Å². The summed E-state index contributed by atoms with van der Waals surface area (Å²) >= 11 is 0. The van der Waals surface area contributed by atoms with Crippen molar-refractivity contribution < 1.29 is 0 Å². The van der Waals surface area contributed by atoms with E-state index in [4.69, 9.17) is 0 Å². The van der Waals surface area contributed by atoms with Gasteiger partial charge in [0, 0.05) is 5.54 Å². The van der Waals surface area contributed by atoms with E-state index in [1.165, 1.54) is 45.1 Å². The lowest BCUT2D eigenvalue weighted by Crippen LogP contribution is -2.42. The third-order valence-corrected chi connectivity index (χ3v) is 4.23. The zero-order valence-corrected chi connectivity index (χ0v) is 12.7. The molecule has 17 heavy (non-hydrogen) atoms. The van der Waals surface area contributed by atoms with Gasteiger partial charge in [-0.25, -0.2) is 0 Å². The van der Waals surface area contributed by atoms with Crippen molar-refractivity contribution in [2.45, 2.75) is 78.7 Å². The van der Waals surface area contributed by atoms with Gasteiger partial charge in [-0.1, -0.05) is 39.5 Å². The number of hydrogen-bond acceptors (Lipinski definition) is 1. The molecule has 1 fully saturated rings. The molecule has 1 rings (SSSR count). The highest BCUT2D eigenvalue weighted by atomic mass is 14.9. The molecule has 1 saturated carbocycles. The Morgan fingerprint density at radius 2 is 1.82 bits per heavy atom. The molecule has 0 heterocycles. The number of rotatable bonds is 5.